The Morgan fingerprint density at radius 3 is 2.27 bits per heavy atom. The number of hydrogen-bond acceptors (Lipinski definition) is 3. The third kappa shape index (κ3) is 3.85. The first-order valence-corrected chi connectivity index (χ1v) is 8.09. The Kier molecular flexibility index (Phi) is 4.51. The van der Waals surface area contributed by atoms with Gasteiger partial charge in [0, 0.05) is 0 Å². The smallest absolute Gasteiger partial charge is 0.283 e. The fourth-order valence-corrected chi connectivity index (χ4v) is 2.86. The molecule has 0 saturated heterocycles. The minimum atomic E-state index is -3.78. The fourth-order valence-electron chi connectivity index (χ4n) is 1.88. The van der Waals surface area contributed by atoms with Crippen molar-refractivity contribution >= 4 is 27.4 Å². The number of carbonyl (C=O) groups is 1. The summed E-state index contributed by atoms with van der Waals surface area (Å²) < 4.78 is 28.1. The number of carbonyl (C=O) groups excluding carboxylic acids is 1. The van der Waals surface area contributed by atoms with Crippen molar-refractivity contribution in [2.75, 3.05) is 0 Å². The molecule has 114 valence electrons. The maximum atomic E-state index is 12.2. The number of ketones is 1. The van der Waals surface area contributed by atoms with Crippen molar-refractivity contribution in [1.29, 1.82) is 0 Å². The van der Waals surface area contributed by atoms with Crippen LogP contribution in [0.3, 0.4) is 0 Å². The highest BCUT2D eigenvalue weighted by Crippen LogP contribution is 2.14. The molecule has 1 aromatic rings. The van der Waals surface area contributed by atoms with Crippen molar-refractivity contribution in [1.82, 2.24) is 0 Å². The van der Waals surface area contributed by atoms with E-state index in [1.807, 2.05) is 6.92 Å². The van der Waals surface area contributed by atoms with Crippen LogP contribution in [0, 0.1) is 6.92 Å². The molecule has 1 aliphatic carbocycles. The topological polar surface area (TPSA) is 75.9 Å². The van der Waals surface area contributed by atoms with Gasteiger partial charge < -0.3 is 0 Å². The minimum Gasteiger partial charge on any atom is -0.290 e. The second-order valence-corrected chi connectivity index (χ2v) is 6.59. The zero-order valence-electron chi connectivity index (χ0n) is 12.6. The molecule has 22 heavy (non-hydrogen) atoms. The molecule has 0 heterocycles. The van der Waals surface area contributed by atoms with E-state index in [1.54, 1.807) is 25.1 Å². The molecule has 0 spiro atoms. The lowest BCUT2D eigenvalue weighted by molar-refractivity contribution is -0.110. The molecule has 0 unspecified atom stereocenters. The van der Waals surface area contributed by atoms with Crippen LogP contribution >= 0.6 is 0 Å². The molecule has 1 aromatic carbocycles. The molecule has 1 aliphatic rings. The monoisotopic (exact) mass is 316 g/mol. The molecule has 0 aromatic heterocycles. The maximum absolute atomic E-state index is 12.2. The van der Waals surface area contributed by atoms with Crippen LogP contribution in [0.15, 0.2) is 62.4 Å². The van der Waals surface area contributed by atoms with E-state index in [9.17, 15) is 13.2 Å². The van der Waals surface area contributed by atoms with Gasteiger partial charge in [0.05, 0.1) is 10.6 Å². The number of hydrogen-bond donors (Lipinski definition) is 0. The summed E-state index contributed by atoms with van der Waals surface area (Å²) in [5, 5.41) is 0. The van der Waals surface area contributed by atoms with Crippen molar-refractivity contribution in [3.63, 3.8) is 0 Å². The van der Waals surface area contributed by atoms with Crippen LogP contribution in [-0.4, -0.2) is 25.7 Å². The van der Waals surface area contributed by atoms with E-state index in [0.717, 1.165) is 5.56 Å². The molecule has 0 saturated carbocycles. The number of sulfonamides is 1. The number of aliphatic imine (C=N–C) groups is 1. The van der Waals surface area contributed by atoms with Gasteiger partial charge in [-0.25, -0.2) is 4.99 Å². The second kappa shape index (κ2) is 6.19. The first kappa shape index (κ1) is 16.0. The summed E-state index contributed by atoms with van der Waals surface area (Å²) in [6.07, 6.45) is 4.38. The number of allylic oxidation sites excluding steroid dienone is 4. The Balaban J connectivity index is 2.32. The standard InChI is InChI=1S/C16H16N2O3S/c1-11-4-7-15(8-5-11)22(20,21)18-13(3)17-16-9-6-14(19)10-12(16)2/h4-10H,1-3H3. The lowest BCUT2D eigenvalue weighted by Gasteiger charge is -2.05. The summed E-state index contributed by atoms with van der Waals surface area (Å²) in [5.41, 5.74) is 2.17. The highest BCUT2D eigenvalue weighted by molar-refractivity contribution is 7.90. The third-order valence-electron chi connectivity index (χ3n) is 3.02. The lowest BCUT2D eigenvalue weighted by atomic mass is 10.0. The van der Waals surface area contributed by atoms with Gasteiger partial charge in [0.2, 0.25) is 0 Å². The van der Waals surface area contributed by atoms with Crippen molar-refractivity contribution in [3.05, 3.63) is 53.6 Å². The van der Waals surface area contributed by atoms with Crippen LogP contribution in [0.25, 0.3) is 0 Å². The van der Waals surface area contributed by atoms with E-state index < -0.39 is 10.0 Å². The Morgan fingerprint density at radius 2 is 1.68 bits per heavy atom. The molecule has 0 atom stereocenters. The summed E-state index contributed by atoms with van der Waals surface area (Å²) in [6.45, 7) is 5.13. The molecule has 2 rings (SSSR count). The zero-order valence-corrected chi connectivity index (χ0v) is 13.4. The Morgan fingerprint density at radius 1 is 1.05 bits per heavy atom. The predicted molar refractivity (Wildman–Crippen MR) is 86.8 cm³/mol. The van der Waals surface area contributed by atoms with Gasteiger partial charge in [-0.2, -0.15) is 8.42 Å². The van der Waals surface area contributed by atoms with Gasteiger partial charge in [-0.1, -0.05) is 17.7 Å². The van der Waals surface area contributed by atoms with E-state index >= 15 is 0 Å². The third-order valence-corrected chi connectivity index (χ3v) is 4.39. The highest BCUT2D eigenvalue weighted by Gasteiger charge is 2.13. The van der Waals surface area contributed by atoms with Gasteiger partial charge in [0.15, 0.2) is 5.78 Å². The van der Waals surface area contributed by atoms with Crippen LogP contribution in [0.2, 0.25) is 0 Å². The van der Waals surface area contributed by atoms with Gasteiger partial charge in [0.1, 0.15) is 5.84 Å². The maximum Gasteiger partial charge on any atom is 0.283 e. The molecule has 0 N–H and O–H groups in total. The largest absolute Gasteiger partial charge is 0.290 e. The van der Waals surface area contributed by atoms with Crippen molar-refractivity contribution in [2.45, 2.75) is 25.7 Å². The fraction of sp³-hybridized carbons (Fsp3) is 0.188. The van der Waals surface area contributed by atoms with Gasteiger partial charge in [-0.15, -0.1) is 4.40 Å². The normalized spacial score (nSPS) is 17.8. The van der Waals surface area contributed by atoms with Gasteiger partial charge >= 0.3 is 0 Å². The summed E-state index contributed by atoms with van der Waals surface area (Å²) in [5.74, 6) is 0.000595. The first-order chi connectivity index (χ1) is 10.3. The highest BCUT2D eigenvalue weighted by atomic mass is 32.2. The molecule has 0 aliphatic heterocycles. The SMILES string of the molecule is CC1=CC(=O)C=CC1=NC(C)=NS(=O)(=O)c1ccc(C)cc1. The van der Waals surface area contributed by atoms with Crippen molar-refractivity contribution < 1.29 is 13.2 Å². The minimum absolute atomic E-state index is 0.113. The number of aryl methyl sites for hydroxylation is 1. The van der Waals surface area contributed by atoms with Crippen LogP contribution < -0.4 is 0 Å². The average Bonchev–Trinajstić information content (AvgIpc) is 2.42. The van der Waals surface area contributed by atoms with Crippen LogP contribution in [0.5, 0.6) is 0 Å². The molecular weight excluding hydrogens is 300 g/mol. The van der Waals surface area contributed by atoms with E-state index in [2.05, 4.69) is 9.39 Å². The van der Waals surface area contributed by atoms with Crippen molar-refractivity contribution in [2.24, 2.45) is 9.39 Å². The van der Waals surface area contributed by atoms with E-state index in [-0.39, 0.29) is 16.5 Å². The van der Waals surface area contributed by atoms with Gasteiger partial charge in [-0.3, -0.25) is 4.79 Å². The number of nitrogens with zero attached hydrogens (tertiary/aromatic N) is 2. The zero-order chi connectivity index (χ0) is 16.3. The second-order valence-electron chi connectivity index (χ2n) is 4.99. The van der Waals surface area contributed by atoms with Crippen LogP contribution in [-0.2, 0) is 14.8 Å². The van der Waals surface area contributed by atoms with Crippen LogP contribution in [0.4, 0.5) is 0 Å². The first-order valence-electron chi connectivity index (χ1n) is 6.65. The van der Waals surface area contributed by atoms with Gasteiger partial charge in [-0.05, 0) is 56.7 Å². The van der Waals surface area contributed by atoms with E-state index in [1.165, 1.54) is 31.2 Å². The Bertz CT molecular complexity index is 827. The number of rotatable bonds is 2. The summed E-state index contributed by atoms with van der Waals surface area (Å²) in [4.78, 5) is 15.5. The Hall–Kier alpha value is -2.34. The summed E-state index contributed by atoms with van der Waals surface area (Å²) in [6, 6.07) is 6.45. The molecule has 5 nitrogen and oxygen atoms in total. The quantitative estimate of drug-likeness (QED) is 0.478. The molecule has 0 radical (unpaired) electrons. The van der Waals surface area contributed by atoms with E-state index in [4.69, 9.17) is 0 Å². The average molecular weight is 316 g/mol. The molecular formula is C16H16N2O3S. The van der Waals surface area contributed by atoms with E-state index in [0.29, 0.717) is 11.3 Å². The van der Waals surface area contributed by atoms with Gasteiger partial charge in [0.25, 0.3) is 10.0 Å². The molecule has 0 bridgehead atoms. The number of amidine groups is 1. The lowest BCUT2D eigenvalue weighted by Crippen LogP contribution is -2.08. The van der Waals surface area contributed by atoms with Crippen molar-refractivity contribution in [3.8, 4) is 0 Å². The Labute approximate surface area is 129 Å². The summed E-state index contributed by atoms with van der Waals surface area (Å²) in [7, 11) is -3.78. The number of benzene rings is 1. The van der Waals surface area contributed by atoms with Crippen LogP contribution in [0.1, 0.15) is 19.4 Å². The molecule has 0 fully saturated rings. The molecule has 6 heteroatoms. The summed E-state index contributed by atoms with van der Waals surface area (Å²) >= 11 is 0. The molecule has 0 amide bonds. The predicted octanol–water partition coefficient (Wildman–Crippen LogP) is 2.63.